The molecule has 2 aliphatic rings. The number of nitrogens with one attached hydrogen (secondary N) is 1. The Bertz CT molecular complexity index is 753. The molecule has 1 aromatic carbocycles. The smallest absolute Gasteiger partial charge is 0.243 e. The van der Waals surface area contributed by atoms with Gasteiger partial charge in [0.25, 0.3) is 0 Å². The SMILES string of the molecule is Cc1ccc(S(=O)(=O)N2CCC(CC(=O)NCCCN3CCOCC3)CC2)cc1. The Balaban J connectivity index is 1.35. The van der Waals surface area contributed by atoms with E-state index in [1.54, 1.807) is 16.4 Å². The van der Waals surface area contributed by atoms with Gasteiger partial charge in [0, 0.05) is 39.1 Å². The number of piperidine rings is 1. The third kappa shape index (κ3) is 6.50. The van der Waals surface area contributed by atoms with Gasteiger partial charge in [-0.25, -0.2) is 8.42 Å². The summed E-state index contributed by atoms with van der Waals surface area (Å²) in [6, 6.07) is 6.98. The fourth-order valence-corrected chi connectivity index (χ4v) is 5.37. The van der Waals surface area contributed by atoms with E-state index >= 15 is 0 Å². The summed E-state index contributed by atoms with van der Waals surface area (Å²) < 4.78 is 32.4. The van der Waals surface area contributed by atoms with E-state index in [2.05, 4.69) is 10.2 Å². The van der Waals surface area contributed by atoms with Crippen molar-refractivity contribution in [3.05, 3.63) is 29.8 Å². The molecule has 3 rings (SSSR count). The van der Waals surface area contributed by atoms with E-state index in [-0.39, 0.29) is 11.8 Å². The Morgan fingerprint density at radius 2 is 1.76 bits per heavy atom. The van der Waals surface area contributed by atoms with Crippen LogP contribution in [0.25, 0.3) is 0 Å². The summed E-state index contributed by atoms with van der Waals surface area (Å²) in [4.78, 5) is 14.9. The lowest BCUT2D eigenvalue weighted by atomic mass is 9.94. The molecule has 0 aliphatic carbocycles. The first kappa shape index (κ1) is 22.2. The molecule has 1 N–H and O–H groups in total. The summed E-state index contributed by atoms with van der Waals surface area (Å²) in [5, 5.41) is 3.01. The number of ether oxygens (including phenoxy) is 1. The van der Waals surface area contributed by atoms with Crippen LogP contribution >= 0.6 is 0 Å². The minimum absolute atomic E-state index is 0.0758. The number of hydrogen-bond donors (Lipinski definition) is 1. The maximum atomic E-state index is 12.8. The van der Waals surface area contributed by atoms with Crippen molar-refractivity contribution in [1.82, 2.24) is 14.5 Å². The molecule has 7 nitrogen and oxygen atoms in total. The highest BCUT2D eigenvalue weighted by atomic mass is 32.2. The number of benzene rings is 1. The van der Waals surface area contributed by atoms with Crippen molar-refractivity contribution in [3.8, 4) is 0 Å². The Morgan fingerprint density at radius 1 is 1.10 bits per heavy atom. The van der Waals surface area contributed by atoms with Gasteiger partial charge >= 0.3 is 0 Å². The van der Waals surface area contributed by atoms with Crippen molar-refractivity contribution < 1.29 is 17.9 Å². The number of nitrogens with zero attached hydrogens (tertiary/aromatic N) is 2. The summed E-state index contributed by atoms with van der Waals surface area (Å²) in [6.07, 6.45) is 2.88. The fourth-order valence-electron chi connectivity index (χ4n) is 3.90. The van der Waals surface area contributed by atoms with Crippen LogP contribution in [0, 0.1) is 12.8 Å². The lowest BCUT2D eigenvalue weighted by Crippen LogP contribution is -2.40. The summed E-state index contributed by atoms with van der Waals surface area (Å²) in [6.45, 7) is 8.10. The zero-order chi connectivity index (χ0) is 20.7. The van der Waals surface area contributed by atoms with Crippen molar-refractivity contribution in [2.45, 2.75) is 37.5 Å². The lowest BCUT2D eigenvalue weighted by Gasteiger charge is -2.31. The second-order valence-corrected chi connectivity index (χ2v) is 9.96. The molecular formula is C21H33N3O4S. The summed E-state index contributed by atoms with van der Waals surface area (Å²) in [5.41, 5.74) is 1.04. The van der Waals surface area contributed by atoms with Gasteiger partial charge < -0.3 is 10.1 Å². The van der Waals surface area contributed by atoms with E-state index in [4.69, 9.17) is 4.74 Å². The molecule has 0 bridgehead atoms. The molecule has 0 saturated carbocycles. The predicted octanol–water partition coefficient (Wildman–Crippen LogP) is 1.62. The van der Waals surface area contributed by atoms with Crippen LogP contribution in [0.15, 0.2) is 29.2 Å². The van der Waals surface area contributed by atoms with Crippen LogP contribution in [-0.4, -0.2) is 76.0 Å². The second-order valence-electron chi connectivity index (χ2n) is 8.02. The van der Waals surface area contributed by atoms with E-state index in [1.807, 2.05) is 19.1 Å². The largest absolute Gasteiger partial charge is 0.379 e. The van der Waals surface area contributed by atoms with Gasteiger partial charge in [0.2, 0.25) is 15.9 Å². The third-order valence-electron chi connectivity index (χ3n) is 5.78. The molecule has 0 unspecified atom stereocenters. The van der Waals surface area contributed by atoms with Crippen LogP contribution in [-0.2, 0) is 19.6 Å². The Labute approximate surface area is 174 Å². The number of carbonyl (C=O) groups excluding carboxylic acids is 1. The number of carbonyl (C=O) groups is 1. The standard InChI is InChI=1S/C21H33N3O4S/c1-18-3-5-20(6-4-18)29(26,27)24-11-7-19(8-12-24)17-21(25)22-9-2-10-23-13-15-28-16-14-23/h3-6,19H,2,7-17H2,1H3,(H,22,25). The Hall–Kier alpha value is -1.48. The molecule has 2 saturated heterocycles. The molecule has 29 heavy (non-hydrogen) atoms. The number of amides is 1. The number of sulfonamides is 1. The highest BCUT2D eigenvalue weighted by Gasteiger charge is 2.30. The van der Waals surface area contributed by atoms with E-state index in [0.717, 1.165) is 57.7 Å². The van der Waals surface area contributed by atoms with Crippen molar-refractivity contribution in [3.63, 3.8) is 0 Å². The molecule has 0 radical (unpaired) electrons. The predicted molar refractivity (Wildman–Crippen MR) is 112 cm³/mol. The number of morpholine rings is 1. The highest BCUT2D eigenvalue weighted by Crippen LogP contribution is 2.25. The average Bonchev–Trinajstić information content (AvgIpc) is 2.73. The number of rotatable bonds is 8. The van der Waals surface area contributed by atoms with E-state index in [1.165, 1.54) is 0 Å². The fraction of sp³-hybridized carbons (Fsp3) is 0.667. The molecule has 8 heteroatoms. The summed E-state index contributed by atoms with van der Waals surface area (Å²) >= 11 is 0. The van der Waals surface area contributed by atoms with Crippen molar-refractivity contribution >= 4 is 15.9 Å². The lowest BCUT2D eigenvalue weighted by molar-refractivity contribution is -0.122. The summed E-state index contributed by atoms with van der Waals surface area (Å²) in [5.74, 6) is 0.325. The van der Waals surface area contributed by atoms with Crippen molar-refractivity contribution in [2.24, 2.45) is 5.92 Å². The van der Waals surface area contributed by atoms with Crippen molar-refractivity contribution in [1.29, 1.82) is 0 Å². The van der Waals surface area contributed by atoms with Gasteiger partial charge in [-0.05, 0) is 50.8 Å². The topological polar surface area (TPSA) is 79.0 Å². The second kappa shape index (κ2) is 10.5. The zero-order valence-electron chi connectivity index (χ0n) is 17.3. The first-order valence-corrected chi connectivity index (χ1v) is 12.0. The Morgan fingerprint density at radius 3 is 2.41 bits per heavy atom. The van der Waals surface area contributed by atoms with Gasteiger partial charge in [0.15, 0.2) is 0 Å². The molecule has 0 spiro atoms. The maximum absolute atomic E-state index is 12.8. The van der Waals surface area contributed by atoms with E-state index < -0.39 is 10.0 Å². The first-order valence-electron chi connectivity index (χ1n) is 10.6. The molecule has 1 amide bonds. The van der Waals surface area contributed by atoms with Gasteiger partial charge in [-0.3, -0.25) is 9.69 Å². The molecule has 162 valence electrons. The highest BCUT2D eigenvalue weighted by molar-refractivity contribution is 7.89. The normalized spacial score (nSPS) is 19.9. The molecule has 2 heterocycles. The molecule has 0 atom stereocenters. The third-order valence-corrected chi connectivity index (χ3v) is 7.70. The van der Waals surface area contributed by atoms with Crippen LogP contribution in [0.3, 0.4) is 0 Å². The molecule has 1 aromatic rings. The van der Waals surface area contributed by atoms with E-state index in [0.29, 0.717) is 31.0 Å². The van der Waals surface area contributed by atoms with Crippen molar-refractivity contribution in [2.75, 3.05) is 52.5 Å². The quantitative estimate of drug-likeness (QED) is 0.643. The zero-order valence-corrected chi connectivity index (χ0v) is 18.1. The van der Waals surface area contributed by atoms with Gasteiger partial charge in [-0.1, -0.05) is 17.7 Å². The molecule has 2 fully saturated rings. The number of aryl methyl sites for hydroxylation is 1. The minimum Gasteiger partial charge on any atom is -0.379 e. The monoisotopic (exact) mass is 423 g/mol. The van der Waals surface area contributed by atoms with Crippen LogP contribution in [0.2, 0.25) is 0 Å². The molecule has 0 aromatic heterocycles. The van der Waals surface area contributed by atoms with Gasteiger partial charge in [-0.15, -0.1) is 0 Å². The van der Waals surface area contributed by atoms with Crippen LogP contribution < -0.4 is 5.32 Å². The van der Waals surface area contributed by atoms with E-state index in [9.17, 15) is 13.2 Å². The van der Waals surface area contributed by atoms with Crippen LogP contribution in [0.5, 0.6) is 0 Å². The van der Waals surface area contributed by atoms with Gasteiger partial charge in [-0.2, -0.15) is 4.31 Å². The van der Waals surface area contributed by atoms with Crippen LogP contribution in [0.4, 0.5) is 0 Å². The Kier molecular flexibility index (Phi) is 8.06. The van der Waals surface area contributed by atoms with Crippen LogP contribution in [0.1, 0.15) is 31.2 Å². The van der Waals surface area contributed by atoms with Gasteiger partial charge in [0.1, 0.15) is 0 Å². The molecule has 2 aliphatic heterocycles. The first-order chi connectivity index (χ1) is 13.9. The molecular weight excluding hydrogens is 390 g/mol. The van der Waals surface area contributed by atoms with Gasteiger partial charge in [0.05, 0.1) is 18.1 Å². The number of hydrogen-bond acceptors (Lipinski definition) is 5. The maximum Gasteiger partial charge on any atom is 0.243 e. The summed E-state index contributed by atoms with van der Waals surface area (Å²) in [7, 11) is -3.44. The average molecular weight is 424 g/mol. The minimum atomic E-state index is -3.44.